The molecule has 3 nitrogen and oxygen atoms in total. The maximum atomic E-state index is 11.7. The van der Waals surface area contributed by atoms with Gasteiger partial charge in [0.05, 0.1) is 0 Å². The molecule has 0 bridgehead atoms. The number of hydrogen-bond acceptors (Lipinski definition) is 2. The van der Waals surface area contributed by atoms with E-state index in [1.165, 1.54) is 12.8 Å². The van der Waals surface area contributed by atoms with Gasteiger partial charge in [-0.3, -0.25) is 4.79 Å². The lowest BCUT2D eigenvalue weighted by atomic mass is 10.1. The van der Waals surface area contributed by atoms with Gasteiger partial charge in [0, 0.05) is 18.2 Å². The summed E-state index contributed by atoms with van der Waals surface area (Å²) in [5, 5.41) is 2.88. The van der Waals surface area contributed by atoms with Crippen LogP contribution in [0.5, 0.6) is 0 Å². The van der Waals surface area contributed by atoms with Gasteiger partial charge in [0.2, 0.25) is 0 Å². The lowest BCUT2D eigenvalue weighted by molar-refractivity contribution is 0.0950. The molecule has 1 unspecified atom stereocenters. The summed E-state index contributed by atoms with van der Waals surface area (Å²) in [6.07, 6.45) is 2.42. The van der Waals surface area contributed by atoms with E-state index >= 15 is 0 Å². The molecular weight excluding hydrogens is 200 g/mol. The Labute approximate surface area is 96.0 Å². The summed E-state index contributed by atoms with van der Waals surface area (Å²) in [4.78, 5) is 11.7. The van der Waals surface area contributed by atoms with E-state index in [0.717, 1.165) is 5.56 Å². The normalized spacial score (nSPS) is 16.9. The molecule has 0 heterocycles. The topological polar surface area (TPSA) is 55.1 Å². The number of benzene rings is 1. The van der Waals surface area contributed by atoms with E-state index in [1.54, 1.807) is 0 Å². The van der Waals surface area contributed by atoms with Crippen LogP contribution < -0.4 is 11.1 Å². The molecule has 1 aromatic rings. The largest absolute Gasteiger partial charge is 0.350 e. The van der Waals surface area contributed by atoms with Crippen molar-refractivity contribution >= 4 is 5.91 Å². The van der Waals surface area contributed by atoms with Gasteiger partial charge in [-0.2, -0.15) is 0 Å². The summed E-state index contributed by atoms with van der Waals surface area (Å²) in [6.45, 7) is 2.59. The molecule has 3 N–H and O–H groups in total. The lowest BCUT2D eigenvalue weighted by Gasteiger charge is -2.11. The molecular formula is C13H18N2O. The van der Waals surface area contributed by atoms with Crippen LogP contribution in [0.25, 0.3) is 0 Å². The van der Waals surface area contributed by atoms with Crippen LogP contribution in [-0.4, -0.2) is 18.5 Å². The summed E-state index contributed by atoms with van der Waals surface area (Å²) in [6, 6.07) is 7.68. The summed E-state index contributed by atoms with van der Waals surface area (Å²) in [5.41, 5.74) is 7.78. The summed E-state index contributed by atoms with van der Waals surface area (Å²) >= 11 is 0. The maximum Gasteiger partial charge on any atom is 0.251 e. The van der Waals surface area contributed by atoms with Crippen molar-refractivity contribution in [1.82, 2.24) is 5.32 Å². The fourth-order valence-electron chi connectivity index (χ4n) is 1.71. The van der Waals surface area contributed by atoms with Crippen LogP contribution in [0.3, 0.4) is 0 Å². The fourth-order valence-corrected chi connectivity index (χ4v) is 1.71. The van der Waals surface area contributed by atoms with Crippen LogP contribution in [0.4, 0.5) is 0 Å². The zero-order chi connectivity index (χ0) is 11.5. The van der Waals surface area contributed by atoms with E-state index in [9.17, 15) is 4.79 Å². The smallest absolute Gasteiger partial charge is 0.251 e. The number of amides is 1. The molecule has 1 atom stereocenters. The van der Waals surface area contributed by atoms with Crippen LogP contribution in [0, 0.1) is 12.8 Å². The first-order chi connectivity index (χ1) is 7.66. The van der Waals surface area contributed by atoms with Gasteiger partial charge < -0.3 is 11.1 Å². The van der Waals surface area contributed by atoms with E-state index < -0.39 is 0 Å². The average molecular weight is 218 g/mol. The molecule has 16 heavy (non-hydrogen) atoms. The summed E-state index contributed by atoms with van der Waals surface area (Å²) in [5.74, 6) is 0.592. The van der Waals surface area contributed by atoms with E-state index in [-0.39, 0.29) is 11.9 Å². The molecule has 1 saturated carbocycles. The van der Waals surface area contributed by atoms with E-state index in [0.29, 0.717) is 18.0 Å². The molecule has 0 aliphatic heterocycles. The number of nitrogens with two attached hydrogens (primary N) is 1. The van der Waals surface area contributed by atoms with Gasteiger partial charge in [0.25, 0.3) is 5.91 Å². The first-order valence-corrected chi connectivity index (χ1v) is 5.77. The number of hydrogen-bond donors (Lipinski definition) is 2. The predicted octanol–water partition coefficient (Wildman–Crippen LogP) is 1.46. The number of nitrogens with one attached hydrogen (secondary N) is 1. The van der Waals surface area contributed by atoms with Gasteiger partial charge in [-0.25, -0.2) is 0 Å². The Balaban J connectivity index is 1.85. The van der Waals surface area contributed by atoms with E-state index in [2.05, 4.69) is 5.32 Å². The van der Waals surface area contributed by atoms with Crippen LogP contribution >= 0.6 is 0 Å². The Kier molecular flexibility index (Phi) is 3.25. The van der Waals surface area contributed by atoms with Crippen molar-refractivity contribution in [3.63, 3.8) is 0 Å². The van der Waals surface area contributed by atoms with Crippen molar-refractivity contribution in [1.29, 1.82) is 0 Å². The first kappa shape index (κ1) is 11.1. The molecule has 0 aromatic heterocycles. The predicted molar refractivity (Wildman–Crippen MR) is 64.2 cm³/mol. The molecule has 86 valence electrons. The highest BCUT2D eigenvalue weighted by molar-refractivity contribution is 5.94. The van der Waals surface area contributed by atoms with E-state index in [4.69, 9.17) is 5.73 Å². The van der Waals surface area contributed by atoms with Crippen molar-refractivity contribution in [3.05, 3.63) is 35.4 Å². The molecule has 1 aliphatic carbocycles. The second-order valence-corrected chi connectivity index (χ2v) is 4.58. The van der Waals surface area contributed by atoms with Crippen molar-refractivity contribution in [2.75, 3.05) is 6.54 Å². The van der Waals surface area contributed by atoms with Crippen LogP contribution in [0.1, 0.15) is 28.8 Å². The minimum absolute atomic E-state index is 0.0314. The molecule has 0 radical (unpaired) electrons. The van der Waals surface area contributed by atoms with Crippen LogP contribution in [0.2, 0.25) is 0 Å². The van der Waals surface area contributed by atoms with Gasteiger partial charge in [-0.05, 0) is 37.8 Å². The number of carbonyl (C=O) groups is 1. The molecule has 0 spiro atoms. The first-order valence-electron chi connectivity index (χ1n) is 5.77. The third kappa shape index (κ3) is 2.83. The Morgan fingerprint density at radius 3 is 2.62 bits per heavy atom. The molecule has 2 rings (SSSR count). The minimum atomic E-state index is -0.0314. The zero-order valence-corrected chi connectivity index (χ0v) is 9.57. The molecule has 3 heteroatoms. The molecule has 1 aromatic carbocycles. The van der Waals surface area contributed by atoms with E-state index in [1.807, 2.05) is 31.2 Å². The number of rotatable bonds is 4. The highest BCUT2D eigenvalue weighted by atomic mass is 16.1. The number of aryl methyl sites for hydroxylation is 1. The van der Waals surface area contributed by atoms with Gasteiger partial charge in [0.15, 0.2) is 0 Å². The second-order valence-electron chi connectivity index (χ2n) is 4.58. The van der Waals surface area contributed by atoms with Crippen molar-refractivity contribution in [2.45, 2.75) is 25.8 Å². The van der Waals surface area contributed by atoms with Gasteiger partial charge in [-0.15, -0.1) is 0 Å². The van der Waals surface area contributed by atoms with Crippen molar-refractivity contribution in [3.8, 4) is 0 Å². The Hall–Kier alpha value is -1.35. The molecule has 1 amide bonds. The second kappa shape index (κ2) is 4.66. The Morgan fingerprint density at radius 1 is 1.44 bits per heavy atom. The van der Waals surface area contributed by atoms with Gasteiger partial charge in [-0.1, -0.05) is 17.7 Å². The third-order valence-corrected chi connectivity index (χ3v) is 3.04. The highest BCUT2D eigenvalue weighted by Gasteiger charge is 2.28. The Morgan fingerprint density at radius 2 is 2.06 bits per heavy atom. The van der Waals surface area contributed by atoms with Crippen molar-refractivity contribution < 1.29 is 4.79 Å². The monoisotopic (exact) mass is 218 g/mol. The minimum Gasteiger partial charge on any atom is -0.350 e. The number of carbonyl (C=O) groups excluding carboxylic acids is 1. The van der Waals surface area contributed by atoms with Crippen LogP contribution in [-0.2, 0) is 0 Å². The maximum absolute atomic E-state index is 11.7. The summed E-state index contributed by atoms with van der Waals surface area (Å²) < 4.78 is 0. The molecule has 1 fully saturated rings. The molecule has 1 aliphatic rings. The Bertz CT molecular complexity index is 368. The standard InChI is InChI=1S/C13H18N2O/c1-9-2-4-11(5-3-9)13(16)15-8-12(14)10-6-7-10/h2-5,10,12H,6-8,14H2,1H3,(H,15,16). The van der Waals surface area contributed by atoms with Gasteiger partial charge in [0.1, 0.15) is 0 Å². The zero-order valence-electron chi connectivity index (χ0n) is 9.57. The molecule has 0 saturated heterocycles. The average Bonchev–Trinajstić information content (AvgIpc) is 3.10. The fraction of sp³-hybridized carbons (Fsp3) is 0.462. The van der Waals surface area contributed by atoms with Crippen molar-refractivity contribution in [2.24, 2.45) is 11.7 Å². The summed E-state index contributed by atoms with van der Waals surface area (Å²) in [7, 11) is 0. The quantitative estimate of drug-likeness (QED) is 0.804. The van der Waals surface area contributed by atoms with Gasteiger partial charge >= 0.3 is 0 Å². The lowest BCUT2D eigenvalue weighted by Crippen LogP contribution is -2.38. The SMILES string of the molecule is Cc1ccc(C(=O)NCC(N)C2CC2)cc1. The highest BCUT2D eigenvalue weighted by Crippen LogP contribution is 2.31. The van der Waals surface area contributed by atoms with Crippen LogP contribution in [0.15, 0.2) is 24.3 Å². The third-order valence-electron chi connectivity index (χ3n) is 3.04.